The predicted octanol–water partition coefficient (Wildman–Crippen LogP) is 4.72. The Balaban J connectivity index is 2.08. The first-order chi connectivity index (χ1) is 10.0. The van der Waals surface area contributed by atoms with Crippen molar-refractivity contribution < 1.29 is 4.39 Å². The summed E-state index contributed by atoms with van der Waals surface area (Å²) in [5.41, 5.74) is 2.95. The molecule has 0 aromatic heterocycles. The van der Waals surface area contributed by atoms with Crippen molar-refractivity contribution in [1.82, 2.24) is 4.90 Å². The second kappa shape index (κ2) is 5.84. The lowest BCUT2D eigenvalue weighted by molar-refractivity contribution is 0.343. The molecule has 0 spiro atoms. The van der Waals surface area contributed by atoms with Gasteiger partial charge >= 0.3 is 0 Å². The Kier molecular flexibility index (Phi) is 4.07. The molecule has 0 bridgehead atoms. The molecule has 0 radical (unpaired) electrons. The van der Waals surface area contributed by atoms with E-state index in [4.69, 9.17) is 23.2 Å². The molecule has 0 amide bonds. The van der Waals surface area contributed by atoms with Gasteiger partial charge < -0.3 is 9.80 Å². The number of anilines is 2. The van der Waals surface area contributed by atoms with Crippen LogP contribution in [-0.4, -0.2) is 25.0 Å². The van der Waals surface area contributed by atoms with Crippen LogP contribution >= 0.6 is 23.2 Å². The first-order valence-corrected chi connectivity index (χ1v) is 7.50. The second-order valence-electron chi connectivity index (χ2n) is 5.26. The number of nitrogens with zero attached hydrogens (tertiary/aromatic N) is 2. The maximum Gasteiger partial charge on any atom is 0.123 e. The van der Waals surface area contributed by atoms with Gasteiger partial charge in [-0.05, 0) is 49.0 Å². The maximum absolute atomic E-state index is 13.5. The van der Waals surface area contributed by atoms with Crippen LogP contribution in [0.5, 0.6) is 0 Å². The molecular weight excluding hydrogens is 310 g/mol. The van der Waals surface area contributed by atoms with E-state index in [9.17, 15) is 4.39 Å². The number of rotatable bonds is 1. The van der Waals surface area contributed by atoms with Gasteiger partial charge in [0.25, 0.3) is 0 Å². The van der Waals surface area contributed by atoms with Gasteiger partial charge in [-0.2, -0.15) is 0 Å². The summed E-state index contributed by atoms with van der Waals surface area (Å²) in [6.45, 7) is 2.43. The topological polar surface area (TPSA) is 6.48 Å². The van der Waals surface area contributed by atoms with E-state index < -0.39 is 0 Å². The number of hydrogen-bond acceptors (Lipinski definition) is 2. The predicted molar refractivity (Wildman–Crippen MR) is 86.2 cm³/mol. The van der Waals surface area contributed by atoms with Crippen molar-refractivity contribution in [2.45, 2.75) is 6.54 Å². The fourth-order valence-corrected chi connectivity index (χ4v) is 2.92. The third kappa shape index (κ3) is 3.00. The van der Waals surface area contributed by atoms with Gasteiger partial charge in [0.1, 0.15) is 5.82 Å². The van der Waals surface area contributed by atoms with Gasteiger partial charge in [-0.15, -0.1) is 0 Å². The summed E-state index contributed by atoms with van der Waals surface area (Å²) >= 11 is 12.1. The fourth-order valence-electron chi connectivity index (χ4n) is 2.63. The van der Waals surface area contributed by atoms with Gasteiger partial charge in [-0.1, -0.05) is 23.2 Å². The highest BCUT2D eigenvalue weighted by molar-refractivity contribution is 6.42. The molecule has 5 heteroatoms. The smallest absolute Gasteiger partial charge is 0.123 e. The average molecular weight is 325 g/mol. The highest BCUT2D eigenvalue weighted by Gasteiger charge is 2.20. The minimum absolute atomic E-state index is 0.210. The third-order valence-electron chi connectivity index (χ3n) is 3.69. The van der Waals surface area contributed by atoms with E-state index in [1.165, 1.54) is 6.07 Å². The number of hydrogen-bond donors (Lipinski definition) is 0. The molecule has 0 saturated heterocycles. The molecule has 3 rings (SSSR count). The van der Waals surface area contributed by atoms with Crippen molar-refractivity contribution in [1.29, 1.82) is 0 Å². The lowest BCUT2D eigenvalue weighted by Crippen LogP contribution is -2.26. The van der Waals surface area contributed by atoms with E-state index in [1.807, 2.05) is 25.2 Å². The van der Waals surface area contributed by atoms with Crippen LogP contribution in [-0.2, 0) is 6.54 Å². The van der Waals surface area contributed by atoms with Crippen LogP contribution in [0.4, 0.5) is 15.8 Å². The summed E-state index contributed by atoms with van der Waals surface area (Å²) < 4.78 is 13.5. The molecule has 0 atom stereocenters. The molecule has 1 heterocycles. The standard InChI is InChI=1S/C16H15Cl2FN2/c1-20-6-7-21(13-3-4-14(17)15(18)9-13)16-5-2-12(19)8-11(16)10-20/h2-5,8-9H,6-7,10H2,1H3. The van der Waals surface area contributed by atoms with Crippen LogP contribution in [0.2, 0.25) is 10.0 Å². The first kappa shape index (κ1) is 14.6. The highest BCUT2D eigenvalue weighted by Crippen LogP contribution is 2.34. The van der Waals surface area contributed by atoms with Crippen molar-refractivity contribution >= 4 is 34.6 Å². The lowest BCUT2D eigenvalue weighted by atomic mass is 10.1. The molecule has 2 nitrogen and oxygen atoms in total. The first-order valence-electron chi connectivity index (χ1n) is 6.74. The summed E-state index contributed by atoms with van der Waals surface area (Å²) in [4.78, 5) is 4.33. The number of likely N-dealkylation sites (N-methyl/N-ethyl adjacent to an activating group) is 1. The Bertz CT molecular complexity index is 675. The van der Waals surface area contributed by atoms with Crippen LogP contribution in [0.15, 0.2) is 36.4 Å². The Morgan fingerprint density at radius 1 is 1.00 bits per heavy atom. The largest absolute Gasteiger partial charge is 0.340 e. The molecule has 1 aliphatic heterocycles. The average Bonchev–Trinajstić information content (AvgIpc) is 2.60. The van der Waals surface area contributed by atoms with Crippen LogP contribution in [0.3, 0.4) is 0 Å². The monoisotopic (exact) mass is 324 g/mol. The Hall–Kier alpha value is -1.29. The molecule has 2 aromatic rings. The van der Waals surface area contributed by atoms with Crippen LogP contribution < -0.4 is 4.90 Å². The van der Waals surface area contributed by atoms with Gasteiger partial charge in [0.05, 0.1) is 10.0 Å². The van der Waals surface area contributed by atoms with E-state index in [0.717, 1.165) is 36.6 Å². The Morgan fingerprint density at radius 2 is 1.81 bits per heavy atom. The van der Waals surface area contributed by atoms with Crippen LogP contribution in [0, 0.1) is 5.82 Å². The van der Waals surface area contributed by atoms with Gasteiger partial charge in [-0.3, -0.25) is 0 Å². The van der Waals surface area contributed by atoms with Crippen molar-refractivity contribution in [3.05, 3.63) is 57.8 Å². The van der Waals surface area contributed by atoms with E-state index in [1.54, 1.807) is 12.1 Å². The number of halogens is 3. The Morgan fingerprint density at radius 3 is 2.57 bits per heavy atom. The van der Waals surface area contributed by atoms with Gasteiger partial charge in [0.15, 0.2) is 0 Å². The summed E-state index contributed by atoms with van der Waals surface area (Å²) in [6.07, 6.45) is 0. The minimum atomic E-state index is -0.210. The summed E-state index contributed by atoms with van der Waals surface area (Å²) in [5.74, 6) is -0.210. The number of fused-ring (bicyclic) bond motifs is 1. The summed E-state index contributed by atoms with van der Waals surface area (Å²) in [6, 6.07) is 10.5. The van der Waals surface area contributed by atoms with Crippen molar-refractivity contribution in [3.63, 3.8) is 0 Å². The minimum Gasteiger partial charge on any atom is -0.340 e. The van der Waals surface area contributed by atoms with E-state index in [2.05, 4.69) is 9.80 Å². The molecular formula is C16H15Cl2FN2. The van der Waals surface area contributed by atoms with Gasteiger partial charge in [0, 0.05) is 31.0 Å². The number of benzene rings is 2. The zero-order valence-electron chi connectivity index (χ0n) is 11.6. The van der Waals surface area contributed by atoms with Crippen LogP contribution in [0.1, 0.15) is 5.56 Å². The molecule has 110 valence electrons. The van der Waals surface area contributed by atoms with Crippen molar-refractivity contribution in [3.8, 4) is 0 Å². The molecule has 0 aliphatic carbocycles. The van der Waals surface area contributed by atoms with Crippen molar-refractivity contribution in [2.24, 2.45) is 0 Å². The molecule has 0 saturated carbocycles. The Labute approximate surface area is 133 Å². The SMILES string of the molecule is CN1CCN(c2ccc(Cl)c(Cl)c2)c2ccc(F)cc2C1. The summed E-state index contributed by atoms with van der Waals surface area (Å²) in [5, 5.41) is 1.06. The highest BCUT2D eigenvalue weighted by atomic mass is 35.5. The van der Waals surface area contributed by atoms with E-state index in [0.29, 0.717) is 10.0 Å². The molecule has 21 heavy (non-hydrogen) atoms. The third-order valence-corrected chi connectivity index (χ3v) is 4.43. The zero-order chi connectivity index (χ0) is 15.0. The fraction of sp³-hybridized carbons (Fsp3) is 0.250. The molecule has 1 aliphatic rings. The molecule has 0 unspecified atom stereocenters. The van der Waals surface area contributed by atoms with Crippen LogP contribution in [0.25, 0.3) is 0 Å². The molecule has 0 N–H and O–H groups in total. The normalized spacial score (nSPS) is 15.7. The van der Waals surface area contributed by atoms with Gasteiger partial charge in [-0.25, -0.2) is 4.39 Å². The summed E-state index contributed by atoms with van der Waals surface area (Å²) in [7, 11) is 2.03. The maximum atomic E-state index is 13.5. The van der Waals surface area contributed by atoms with Gasteiger partial charge in [0.2, 0.25) is 0 Å². The van der Waals surface area contributed by atoms with E-state index in [-0.39, 0.29) is 5.82 Å². The quantitative estimate of drug-likeness (QED) is 0.749. The zero-order valence-corrected chi connectivity index (χ0v) is 13.1. The van der Waals surface area contributed by atoms with Crippen molar-refractivity contribution in [2.75, 3.05) is 25.0 Å². The molecule has 0 fully saturated rings. The molecule has 2 aromatic carbocycles. The lowest BCUT2D eigenvalue weighted by Gasteiger charge is -2.25. The van der Waals surface area contributed by atoms with E-state index >= 15 is 0 Å². The second-order valence-corrected chi connectivity index (χ2v) is 6.08.